The summed E-state index contributed by atoms with van der Waals surface area (Å²) in [4.78, 5) is 14.5. The van der Waals surface area contributed by atoms with Gasteiger partial charge in [-0.1, -0.05) is 18.6 Å². The van der Waals surface area contributed by atoms with Gasteiger partial charge >= 0.3 is 6.18 Å². The second-order valence-corrected chi connectivity index (χ2v) is 6.11. The number of halogens is 3. The van der Waals surface area contributed by atoms with Crippen molar-refractivity contribution in [3.05, 3.63) is 29.8 Å². The van der Waals surface area contributed by atoms with Crippen LogP contribution >= 0.6 is 0 Å². The Balaban J connectivity index is 2.46. The summed E-state index contributed by atoms with van der Waals surface area (Å²) in [5.41, 5.74) is -0.519. The second kappa shape index (κ2) is 6.81. The summed E-state index contributed by atoms with van der Waals surface area (Å²) in [6.45, 7) is 0.580. The topological polar surface area (TPSA) is 29.5 Å². The molecule has 1 amide bonds. The van der Waals surface area contributed by atoms with Gasteiger partial charge in [-0.25, -0.2) is 0 Å². The predicted molar refractivity (Wildman–Crippen MR) is 81.4 cm³/mol. The lowest BCUT2D eigenvalue weighted by atomic mass is 9.72. The lowest BCUT2D eigenvalue weighted by Crippen LogP contribution is -2.44. The molecule has 1 heterocycles. The van der Waals surface area contributed by atoms with E-state index in [9.17, 15) is 18.0 Å². The summed E-state index contributed by atoms with van der Waals surface area (Å²) in [6.07, 6.45) is -3.52. The number of alkyl halides is 3. The van der Waals surface area contributed by atoms with Crippen molar-refractivity contribution in [3.63, 3.8) is 0 Å². The van der Waals surface area contributed by atoms with Crippen LogP contribution in [0.2, 0.25) is 0 Å². The number of nitrogens with zero attached hydrogens (tertiary/aromatic N) is 1. The molecule has 0 aromatic heterocycles. The van der Waals surface area contributed by atoms with Crippen molar-refractivity contribution < 1.29 is 22.7 Å². The normalized spacial score (nSPS) is 22.8. The third-order valence-electron chi connectivity index (χ3n) is 4.56. The molecule has 23 heavy (non-hydrogen) atoms. The number of methoxy groups -OCH3 is 1. The van der Waals surface area contributed by atoms with E-state index in [2.05, 4.69) is 0 Å². The maximum absolute atomic E-state index is 12.9. The van der Waals surface area contributed by atoms with Crippen molar-refractivity contribution in [2.24, 2.45) is 0 Å². The van der Waals surface area contributed by atoms with Gasteiger partial charge in [-0.2, -0.15) is 13.2 Å². The Bertz CT molecular complexity index is 559. The predicted octanol–water partition coefficient (Wildman–Crippen LogP) is 3.92. The number of hydrogen-bond donors (Lipinski definition) is 0. The summed E-state index contributed by atoms with van der Waals surface area (Å²) in [5.74, 6) is 0.320. The maximum atomic E-state index is 12.9. The van der Waals surface area contributed by atoms with Crippen LogP contribution in [0.3, 0.4) is 0 Å². The molecule has 1 saturated heterocycles. The first-order valence-corrected chi connectivity index (χ1v) is 7.75. The fourth-order valence-electron chi connectivity index (χ4n) is 3.27. The number of ether oxygens (including phenoxy) is 1. The lowest BCUT2D eigenvalue weighted by Gasteiger charge is -2.35. The Morgan fingerprint density at radius 2 is 2.04 bits per heavy atom. The van der Waals surface area contributed by atoms with Crippen LogP contribution in [0.1, 0.15) is 37.7 Å². The van der Waals surface area contributed by atoms with Crippen LogP contribution in [0.15, 0.2) is 24.3 Å². The van der Waals surface area contributed by atoms with Crippen molar-refractivity contribution in [2.45, 2.75) is 43.7 Å². The number of amides is 1. The smallest absolute Gasteiger partial charge is 0.389 e. The minimum absolute atomic E-state index is 0.229. The van der Waals surface area contributed by atoms with Gasteiger partial charge in [-0.15, -0.1) is 0 Å². The van der Waals surface area contributed by atoms with Crippen LogP contribution in [0.5, 0.6) is 5.75 Å². The molecular formula is C17H22F3NO2. The fourth-order valence-corrected chi connectivity index (χ4v) is 3.27. The van der Waals surface area contributed by atoms with Crippen LogP contribution in [0.25, 0.3) is 0 Å². The molecule has 0 radical (unpaired) electrons. The van der Waals surface area contributed by atoms with E-state index in [1.807, 2.05) is 0 Å². The first kappa shape index (κ1) is 17.6. The first-order chi connectivity index (χ1) is 10.8. The van der Waals surface area contributed by atoms with E-state index >= 15 is 0 Å². The molecule has 128 valence electrons. The zero-order valence-corrected chi connectivity index (χ0v) is 13.4. The summed E-state index contributed by atoms with van der Waals surface area (Å²) < 4.78 is 43.6. The molecule has 1 atom stereocenters. The van der Waals surface area contributed by atoms with Crippen LogP contribution in [-0.4, -0.2) is 37.7 Å². The molecule has 2 rings (SSSR count). The maximum Gasteiger partial charge on any atom is 0.389 e. The quantitative estimate of drug-likeness (QED) is 0.838. The molecule has 0 spiro atoms. The molecule has 1 aromatic rings. The Kier molecular flexibility index (Phi) is 5.22. The number of rotatable bonds is 4. The van der Waals surface area contributed by atoms with Crippen molar-refractivity contribution in [1.29, 1.82) is 0 Å². The average Bonchev–Trinajstić information content (AvgIpc) is 2.66. The molecule has 0 saturated carbocycles. The number of likely N-dealkylation sites (N-methyl/N-ethyl adjacent to an activating group) is 1. The van der Waals surface area contributed by atoms with E-state index in [0.717, 1.165) is 12.8 Å². The minimum Gasteiger partial charge on any atom is -0.497 e. The number of hydrogen-bond acceptors (Lipinski definition) is 2. The van der Waals surface area contributed by atoms with Crippen LogP contribution in [-0.2, 0) is 10.2 Å². The largest absolute Gasteiger partial charge is 0.497 e. The molecule has 1 fully saturated rings. The average molecular weight is 329 g/mol. The first-order valence-electron chi connectivity index (χ1n) is 7.75. The van der Waals surface area contributed by atoms with Gasteiger partial charge in [0.15, 0.2) is 0 Å². The summed E-state index contributed by atoms with van der Waals surface area (Å²) in [5, 5.41) is 0. The number of carbonyl (C=O) groups excluding carboxylic acids is 1. The van der Waals surface area contributed by atoms with E-state index in [1.165, 1.54) is 7.11 Å². The SMILES string of the molecule is COc1cccc(C2(CCC(F)(F)F)CCCCN(C)C2=O)c1. The van der Waals surface area contributed by atoms with Crippen molar-refractivity contribution in [3.8, 4) is 5.75 Å². The molecule has 3 nitrogen and oxygen atoms in total. The van der Waals surface area contributed by atoms with Crippen molar-refractivity contribution >= 4 is 5.91 Å². The standard InChI is InChI=1S/C17H22F3NO2/c1-21-11-4-3-8-16(15(21)22,9-10-17(18,19)20)13-6-5-7-14(12-13)23-2/h5-7,12H,3-4,8-11H2,1-2H3. The van der Waals surface area contributed by atoms with Gasteiger partial charge in [0, 0.05) is 20.0 Å². The van der Waals surface area contributed by atoms with Crippen LogP contribution < -0.4 is 4.74 Å². The third-order valence-corrected chi connectivity index (χ3v) is 4.56. The highest BCUT2D eigenvalue weighted by molar-refractivity contribution is 5.88. The number of benzene rings is 1. The summed E-state index contributed by atoms with van der Waals surface area (Å²) in [6, 6.07) is 6.87. The minimum atomic E-state index is -4.28. The highest BCUT2D eigenvalue weighted by Gasteiger charge is 2.45. The van der Waals surface area contributed by atoms with E-state index in [1.54, 1.807) is 36.2 Å². The van der Waals surface area contributed by atoms with Gasteiger partial charge in [0.05, 0.1) is 12.5 Å². The zero-order chi connectivity index (χ0) is 17.1. The van der Waals surface area contributed by atoms with Crippen molar-refractivity contribution in [2.75, 3.05) is 20.7 Å². The van der Waals surface area contributed by atoms with Gasteiger partial charge in [-0.05, 0) is 37.0 Å². The molecular weight excluding hydrogens is 307 g/mol. The molecule has 0 aliphatic carbocycles. The second-order valence-electron chi connectivity index (χ2n) is 6.11. The number of carbonyl (C=O) groups is 1. The highest BCUT2D eigenvalue weighted by atomic mass is 19.4. The van der Waals surface area contributed by atoms with Crippen LogP contribution in [0.4, 0.5) is 13.2 Å². The van der Waals surface area contributed by atoms with Crippen molar-refractivity contribution in [1.82, 2.24) is 4.90 Å². The van der Waals surface area contributed by atoms with E-state index in [-0.39, 0.29) is 12.3 Å². The van der Waals surface area contributed by atoms with Gasteiger partial charge in [0.25, 0.3) is 0 Å². The molecule has 1 aliphatic rings. The summed E-state index contributed by atoms with van der Waals surface area (Å²) in [7, 11) is 3.17. The Morgan fingerprint density at radius 3 is 2.70 bits per heavy atom. The van der Waals surface area contributed by atoms with Gasteiger partial charge < -0.3 is 9.64 Å². The fraction of sp³-hybridized carbons (Fsp3) is 0.588. The van der Waals surface area contributed by atoms with Gasteiger partial charge in [0.1, 0.15) is 5.75 Å². The molecule has 0 N–H and O–H groups in total. The number of likely N-dealkylation sites (tertiary alicyclic amines) is 1. The highest BCUT2D eigenvalue weighted by Crippen LogP contribution is 2.41. The van der Waals surface area contributed by atoms with E-state index in [0.29, 0.717) is 24.3 Å². The lowest BCUT2D eigenvalue weighted by molar-refractivity contribution is -0.146. The Hall–Kier alpha value is -1.72. The monoisotopic (exact) mass is 329 g/mol. The van der Waals surface area contributed by atoms with Crippen LogP contribution in [0, 0.1) is 0 Å². The summed E-state index contributed by atoms with van der Waals surface area (Å²) >= 11 is 0. The molecule has 1 aliphatic heterocycles. The molecule has 0 bridgehead atoms. The Labute approximate surface area is 134 Å². The van der Waals surface area contributed by atoms with Gasteiger partial charge in [-0.3, -0.25) is 4.79 Å². The van der Waals surface area contributed by atoms with E-state index in [4.69, 9.17) is 4.74 Å². The van der Waals surface area contributed by atoms with Gasteiger partial charge in [0.2, 0.25) is 5.91 Å². The van der Waals surface area contributed by atoms with E-state index < -0.39 is 18.0 Å². The molecule has 1 unspecified atom stereocenters. The third kappa shape index (κ3) is 3.98. The molecule has 6 heteroatoms. The zero-order valence-electron chi connectivity index (χ0n) is 13.4. The Morgan fingerprint density at radius 1 is 1.30 bits per heavy atom. The molecule has 1 aromatic carbocycles.